The Hall–Kier alpha value is -5.61. The molecule has 2 heterocycles. The summed E-state index contributed by atoms with van der Waals surface area (Å²) in [4.78, 5) is 10.6. The van der Waals surface area contributed by atoms with Crippen LogP contribution in [0.1, 0.15) is 22.6 Å². The topological polar surface area (TPSA) is 41.4 Å². The van der Waals surface area contributed by atoms with Crippen LogP contribution in [0.4, 0.5) is 5.69 Å². The number of hydrogen-bond donors (Lipinski definition) is 0. The van der Waals surface area contributed by atoms with Gasteiger partial charge in [-0.2, -0.15) is 5.10 Å². The Labute approximate surface area is 248 Å². The molecule has 4 nitrogen and oxygen atoms in total. The number of nitrogens with zero attached hydrogens (tertiary/aromatic N) is 4. The zero-order valence-electron chi connectivity index (χ0n) is 23.6. The number of benzene rings is 7. The Balaban J connectivity index is 1.43. The van der Waals surface area contributed by atoms with E-state index in [4.69, 9.17) is 15.1 Å². The van der Waals surface area contributed by atoms with Crippen LogP contribution in [0.3, 0.4) is 0 Å². The maximum Gasteiger partial charge on any atom is 0.0977 e. The van der Waals surface area contributed by atoms with E-state index in [1.165, 1.54) is 27.1 Å². The third-order valence-corrected chi connectivity index (χ3v) is 8.81. The van der Waals surface area contributed by atoms with E-state index in [0.717, 1.165) is 55.4 Å². The minimum Gasteiger partial charge on any atom is -0.267 e. The highest BCUT2D eigenvalue weighted by Gasteiger charge is 2.35. The van der Waals surface area contributed by atoms with Crippen molar-refractivity contribution in [2.24, 2.45) is 5.10 Å². The third-order valence-electron chi connectivity index (χ3n) is 8.81. The summed E-state index contributed by atoms with van der Waals surface area (Å²) in [6.45, 7) is 0. The van der Waals surface area contributed by atoms with E-state index < -0.39 is 0 Å². The summed E-state index contributed by atoms with van der Waals surface area (Å²) in [5, 5.41) is 14.5. The minimum atomic E-state index is -0.153. The Bertz CT molecular complexity index is 2440. The lowest BCUT2D eigenvalue weighted by Gasteiger charge is -2.34. The van der Waals surface area contributed by atoms with E-state index in [0.29, 0.717) is 0 Å². The van der Waals surface area contributed by atoms with Crippen molar-refractivity contribution in [3.05, 3.63) is 150 Å². The standard InChI is InChI=1S/C39H26N4/c1-43-39-31-15-7-6-14-30(31)37-38(41-33-17-9-8-16-32(33)40-37)35(39)34(28-20-18-24-10-2-4-12-26(24)22-28)36(42-43)29-21-19-25-11-3-5-13-27(25)23-29/h2-23,34H,1H3. The largest absolute Gasteiger partial charge is 0.267 e. The molecule has 0 aliphatic carbocycles. The summed E-state index contributed by atoms with van der Waals surface area (Å²) in [5.41, 5.74) is 9.14. The quantitative estimate of drug-likeness (QED) is 0.159. The molecule has 7 aromatic carbocycles. The lowest BCUT2D eigenvalue weighted by molar-refractivity contribution is 0.929. The first-order valence-corrected chi connectivity index (χ1v) is 14.6. The van der Waals surface area contributed by atoms with E-state index in [1.807, 2.05) is 18.2 Å². The maximum atomic E-state index is 5.36. The van der Waals surface area contributed by atoms with Gasteiger partial charge in [-0.05, 0) is 50.9 Å². The van der Waals surface area contributed by atoms with Gasteiger partial charge < -0.3 is 0 Å². The number of rotatable bonds is 2. The van der Waals surface area contributed by atoms with Crippen LogP contribution in [0.25, 0.3) is 54.4 Å². The molecule has 1 aliphatic rings. The first-order chi connectivity index (χ1) is 21.2. The van der Waals surface area contributed by atoms with Crippen molar-refractivity contribution >= 4 is 65.8 Å². The summed E-state index contributed by atoms with van der Waals surface area (Å²) in [5.74, 6) is -0.153. The molecule has 0 saturated heterocycles. The van der Waals surface area contributed by atoms with Gasteiger partial charge in [0.15, 0.2) is 0 Å². The molecule has 0 N–H and O–H groups in total. The minimum absolute atomic E-state index is 0.153. The van der Waals surface area contributed by atoms with Crippen LogP contribution in [-0.2, 0) is 0 Å². The second-order valence-electron chi connectivity index (χ2n) is 11.3. The van der Waals surface area contributed by atoms with Crippen LogP contribution in [0.5, 0.6) is 0 Å². The van der Waals surface area contributed by atoms with E-state index >= 15 is 0 Å². The molecule has 1 aliphatic heterocycles. The van der Waals surface area contributed by atoms with Crippen molar-refractivity contribution in [2.75, 3.05) is 12.1 Å². The molecule has 9 rings (SSSR count). The normalized spacial score (nSPS) is 15.0. The molecule has 1 aromatic heterocycles. The molecule has 0 fully saturated rings. The van der Waals surface area contributed by atoms with Crippen molar-refractivity contribution in [1.82, 2.24) is 9.97 Å². The van der Waals surface area contributed by atoms with Crippen molar-refractivity contribution in [1.29, 1.82) is 0 Å². The molecule has 8 aromatic rings. The SMILES string of the molecule is CN1N=C(c2ccc3ccccc3c2)C(c2ccc3ccccc3c2)c2c1c1ccccc1c1nc3ccccc3nc21. The van der Waals surface area contributed by atoms with Gasteiger partial charge in [-0.25, -0.2) is 9.97 Å². The fourth-order valence-electron chi connectivity index (χ4n) is 6.84. The molecule has 1 unspecified atom stereocenters. The summed E-state index contributed by atoms with van der Waals surface area (Å²) in [6.07, 6.45) is 0. The second kappa shape index (κ2) is 9.20. The number of hydrazone groups is 1. The van der Waals surface area contributed by atoms with Crippen LogP contribution < -0.4 is 5.01 Å². The lowest BCUT2D eigenvalue weighted by Crippen LogP contribution is -2.28. The van der Waals surface area contributed by atoms with Crippen LogP contribution in [0, 0.1) is 0 Å². The molecule has 0 amide bonds. The Kier molecular flexibility index (Phi) is 5.14. The first-order valence-electron chi connectivity index (χ1n) is 14.6. The van der Waals surface area contributed by atoms with E-state index in [9.17, 15) is 0 Å². The van der Waals surface area contributed by atoms with Crippen molar-refractivity contribution in [3.8, 4) is 0 Å². The number of hydrogen-bond acceptors (Lipinski definition) is 4. The molecule has 43 heavy (non-hydrogen) atoms. The zero-order valence-corrected chi connectivity index (χ0v) is 23.6. The average molecular weight is 551 g/mol. The van der Waals surface area contributed by atoms with Crippen LogP contribution in [0.2, 0.25) is 0 Å². The summed E-state index contributed by atoms with van der Waals surface area (Å²) in [7, 11) is 2.06. The number of aromatic nitrogens is 2. The number of anilines is 1. The van der Waals surface area contributed by atoms with Gasteiger partial charge in [0.05, 0.1) is 39.4 Å². The van der Waals surface area contributed by atoms with Gasteiger partial charge in [0.25, 0.3) is 0 Å². The zero-order chi connectivity index (χ0) is 28.5. The van der Waals surface area contributed by atoms with E-state index in [2.05, 4.69) is 127 Å². The molecule has 0 saturated carbocycles. The maximum absolute atomic E-state index is 5.36. The third kappa shape index (κ3) is 3.66. The van der Waals surface area contributed by atoms with Crippen LogP contribution in [-0.4, -0.2) is 22.7 Å². The van der Waals surface area contributed by atoms with Gasteiger partial charge in [0, 0.05) is 23.4 Å². The van der Waals surface area contributed by atoms with Crippen molar-refractivity contribution in [3.63, 3.8) is 0 Å². The Morgan fingerprint density at radius 2 is 1.12 bits per heavy atom. The molecule has 0 bridgehead atoms. The Morgan fingerprint density at radius 1 is 0.535 bits per heavy atom. The number of para-hydroxylation sites is 2. The molecule has 0 spiro atoms. The molecular weight excluding hydrogens is 524 g/mol. The predicted molar refractivity (Wildman–Crippen MR) is 179 cm³/mol. The molecule has 0 radical (unpaired) electrons. The monoisotopic (exact) mass is 550 g/mol. The fraction of sp³-hybridized carbons (Fsp3) is 0.0513. The van der Waals surface area contributed by atoms with Crippen LogP contribution >= 0.6 is 0 Å². The highest BCUT2D eigenvalue weighted by atomic mass is 15.4. The molecule has 202 valence electrons. The predicted octanol–water partition coefficient (Wildman–Crippen LogP) is 9.23. The van der Waals surface area contributed by atoms with Crippen molar-refractivity contribution < 1.29 is 0 Å². The van der Waals surface area contributed by atoms with Gasteiger partial charge in [-0.1, -0.05) is 115 Å². The van der Waals surface area contributed by atoms with Crippen molar-refractivity contribution in [2.45, 2.75) is 5.92 Å². The molecular formula is C39H26N4. The summed E-state index contributed by atoms with van der Waals surface area (Å²) in [6, 6.07) is 47.2. The van der Waals surface area contributed by atoms with Gasteiger partial charge in [0.1, 0.15) is 0 Å². The summed E-state index contributed by atoms with van der Waals surface area (Å²) >= 11 is 0. The number of fused-ring (bicyclic) bond motifs is 9. The second-order valence-corrected chi connectivity index (χ2v) is 11.3. The smallest absolute Gasteiger partial charge is 0.0977 e. The molecule has 4 heteroatoms. The fourth-order valence-corrected chi connectivity index (χ4v) is 6.84. The average Bonchev–Trinajstić information content (AvgIpc) is 3.07. The van der Waals surface area contributed by atoms with Gasteiger partial charge in [-0.15, -0.1) is 0 Å². The highest BCUT2D eigenvalue weighted by Crippen LogP contribution is 2.47. The molecule has 1 atom stereocenters. The van der Waals surface area contributed by atoms with Gasteiger partial charge in [0.2, 0.25) is 0 Å². The van der Waals surface area contributed by atoms with Gasteiger partial charge in [-0.3, -0.25) is 5.01 Å². The van der Waals surface area contributed by atoms with Crippen LogP contribution in [0.15, 0.2) is 139 Å². The van der Waals surface area contributed by atoms with E-state index in [-0.39, 0.29) is 5.92 Å². The van der Waals surface area contributed by atoms with Gasteiger partial charge >= 0.3 is 0 Å². The lowest BCUT2D eigenvalue weighted by atomic mass is 9.79. The highest BCUT2D eigenvalue weighted by molar-refractivity contribution is 6.20. The summed E-state index contributed by atoms with van der Waals surface area (Å²) < 4.78 is 0. The van der Waals surface area contributed by atoms with E-state index in [1.54, 1.807) is 0 Å². The Morgan fingerprint density at radius 3 is 1.86 bits per heavy atom. The first kappa shape index (κ1) is 24.0.